The van der Waals surface area contributed by atoms with Crippen molar-refractivity contribution in [1.82, 2.24) is 0 Å². The smallest absolute Gasteiger partial charge is 0.136 e. The lowest BCUT2D eigenvalue weighted by Gasteiger charge is -2.29. The summed E-state index contributed by atoms with van der Waals surface area (Å²) in [6.07, 6.45) is 0. The average molecular weight is 796 g/mol. The van der Waals surface area contributed by atoms with Crippen molar-refractivity contribution in [3.05, 3.63) is 224 Å². The highest BCUT2D eigenvalue weighted by Crippen LogP contribution is 2.47. The third-order valence-electron chi connectivity index (χ3n) is 12.1. The molecule has 0 aliphatic rings. The van der Waals surface area contributed by atoms with E-state index in [9.17, 15) is 0 Å². The van der Waals surface area contributed by atoms with Crippen LogP contribution in [-0.2, 0) is 0 Å². The molecule has 0 fully saturated rings. The van der Waals surface area contributed by atoms with Gasteiger partial charge >= 0.3 is 0 Å². The Morgan fingerprint density at radius 1 is 0.344 bits per heavy atom. The number of para-hydroxylation sites is 2. The van der Waals surface area contributed by atoms with Crippen molar-refractivity contribution in [1.29, 1.82) is 0 Å². The molecule has 0 saturated heterocycles. The molecule has 12 aromatic rings. The Morgan fingerprint density at radius 3 is 1.77 bits per heavy atom. The topological polar surface area (TPSA) is 16.4 Å². The number of thiophene rings is 1. The van der Waals surface area contributed by atoms with Crippen LogP contribution in [0.4, 0.5) is 17.1 Å². The molecule has 61 heavy (non-hydrogen) atoms. The molecule has 286 valence electrons. The molecule has 0 aliphatic heterocycles. The lowest BCUT2D eigenvalue weighted by molar-refractivity contribution is 0.669. The van der Waals surface area contributed by atoms with Crippen molar-refractivity contribution in [2.45, 2.75) is 0 Å². The fourth-order valence-corrected chi connectivity index (χ4v) is 10.5. The molecule has 0 atom stereocenters. The molecule has 2 nitrogen and oxygen atoms in total. The van der Waals surface area contributed by atoms with E-state index in [2.05, 4.69) is 223 Å². The first kappa shape index (κ1) is 35.2. The molecule has 0 bridgehead atoms. The van der Waals surface area contributed by atoms with Gasteiger partial charge in [-0.3, -0.25) is 0 Å². The lowest BCUT2D eigenvalue weighted by Crippen LogP contribution is -2.11. The third kappa shape index (κ3) is 6.01. The third-order valence-corrected chi connectivity index (χ3v) is 13.3. The lowest BCUT2D eigenvalue weighted by atomic mass is 9.95. The second-order valence-electron chi connectivity index (χ2n) is 15.6. The van der Waals surface area contributed by atoms with Crippen molar-refractivity contribution >= 4 is 81.3 Å². The zero-order valence-corrected chi connectivity index (χ0v) is 33.9. The first-order valence-corrected chi connectivity index (χ1v) is 21.6. The van der Waals surface area contributed by atoms with Gasteiger partial charge in [0, 0.05) is 47.9 Å². The van der Waals surface area contributed by atoms with Gasteiger partial charge in [0.2, 0.25) is 0 Å². The van der Waals surface area contributed by atoms with E-state index in [1.165, 1.54) is 58.8 Å². The Morgan fingerprint density at radius 2 is 0.885 bits per heavy atom. The molecule has 3 heteroatoms. The summed E-state index contributed by atoms with van der Waals surface area (Å²) >= 11 is 1.87. The van der Waals surface area contributed by atoms with Crippen molar-refractivity contribution in [3.63, 3.8) is 0 Å². The van der Waals surface area contributed by atoms with Crippen LogP contribution in [0.1, 0.15) is 0 Å². The van der Waals surface area contributed by atoms with Crippen LogP contribution >= 0.6 is 11.3 Å². The molecule has 0 unspecified atom stereocenters. The van der Waals surface area contributed by atoms with E-state index in [0.29, 0.717) is 0 Å². The van der Waals surface area contributed by atoms with Gasteiger partial charge in [0.1, 0.15) is 11.2 Å². The fraction of sp³-hybridized carbons (Fsp3) is 0. The quantitative estimate of drug-likeness (QED) is 0.160. The van der Waals surface area contributed by atoms with Gasteiger partial charge in [0.25, 0.3) is 0 Å². The Bertz CT molecular complexity index is 3620. The minimum Gasteiger partial charge on any atom is -0.456 e. The van der Waals surface area contributed by atoms with E-state index in [1.54, 1.807) is 0 Å². The van der Waals surface area contributed by atoms with Gasteiger partial charge in [-0.2, -0.15) is 0 Å². The number of hydrogen-bond acceptors (Lipinski definition) is 3. The number of rotatable bonds is 7. The molecule has 10 aromatic carbocycles. The standard InChI is InChI=1S/C58H37NOS/c1-2-23-45-38(15-1)16-12-27-46(45)42-20-11-22-44(37-42)59(53-31-6-3-24-48(53)50-29-14-33-55-57(50)52-26-4-7-32-54(52)60-55)43-21-10-18-40(36-43)39-17-9-19-41(35-39)47-28-13-30-51-49-25-5-8-34-56(49)61-58(47)51/h1-37H. The van der Waals surface area contributed by atoms with Crippen LogP contribution in [0.3, 0.4) is 0 Å². The molecular formula is C58H37NOS. The highest BCUT2D eigenvalue weighted by atomic mass is 32.1. The number of hydrogen-bond donors (Lipinski definition) is 0. The summed E-state index contributed by atoms with van der Waals surface area (Å²) in [5.41, 5.74) is 14.4. The Kier molecular flexibility index (Phi) is 8.39. The molecule has 0 radical (unpaired) electrons. The molecular weight excluding hydrogens is 759 g/mol. The zero-order chi connectivity index (χ0) is 40.3. The zero-order valence-electron chi connectivity index (χ0n) is 33.1. The van der Waals surface area contributed by atoms with E-state index in [1.807, 2.05) is 17.4 Å². The second-order valence-corrected chi connectivity index (χ2v) is 16.7. The predicted octanol–water partition coefficient (Wildman–Crippen LogP) is 17.2. The summed E-state index contributed by atoms with van der Waals surface area (Å²) in [5.74, 6) is 0. The maximum atomic E-state index is 6.42. The van der Waals surface area contributed by atoms with Crippen molar-refractivity contribution in [2.75, 3.05) is 4.90 Å². The van der Waals surface area contributed by atoms with Crippen LogP contribution in [-0.4, -0.2) is 0 Å². The molecule has 0 N–H and O–H groups in total. The summed E-state index contributed by atoms with van der Waals surface area (Å²) in [7, 11) is 0. The minimum atomic E-state index is 0.881. The number of furan rings is 1. The molecule has 0 aliphatic carbocycles. The highest BCUT2D eigenvalue weighted by molar-refractivity contribution is 7.26. The van der Waals surface area contributed by atoms with Crippen LogP contribution < -0.4 is 4.90 Å². The number of fused-ring (bicyclic) bond motifs is 7. The van der Waals surface area contributed by atoms with Crippen LogP contribution in [0, 0.1) is 0 Å². The van der Waals surface area contributed by atoms with Gasteiger partial charge in [-0.05, 0) is 104 Å². The molecule has 12 rings (SSSR count). The van der Waals surface area contributed by atoms with E-state index >= 15 is 0 Å². The van der Waals surface area contributed by atoms with Gasteiger partial charge < -0.3 is 9.32 Å². The maximum absolute atomic E-state index is 6.42. The number of nitrogens with zero attached hydrogens (tertiary/aromatic N) is 1. The number of benzene rings is 10. The van der Waals surface area contributed by atoms with E-state index in [-0.39, 0.29) is 0 Å². The van der Waals surface area contributed by atoms with Crippen LogP contribution in [0.2, 0.25) is 0 Å². The minimum absolute atomic E-state index is 0.881. The Balaban J connectivity index is 1.04. The summed E-state index contributed by atoms with van der Waals surface area (Å²) in [6.45, 7) is 0. The average Bonchev–Trinajstić information content (AvgIpc) is 3.91. The van der Waals surface area contributed by atoms with Gasteiger partial charge in [-0.15, -0.1) is 11.3 Å². The van der Waals surface area contributed by atoms with Crippen LogP contribution in [0.15, 0.2) is 229 Å². The normalized spacial score (nSPS) is 11.6. The Hall–Kier alpha value is -7.72. The second kappa shape index (κ2) is 14.5. The van der Waals surface area contributed by atoms with Gasteiger partial charge in [0.05, 0.1) is 5.69 Å². The van der Waals surface area contributed by atoms with E-state index in [4.69, 9.17) is 4.42 Å². The first-order chi connectivity index (χ1) is 30.2. The van der Waals surface area contributed by atoms with E-state index < -0.39 is 0 Å². The summed E-state index contributed by atoms with van der Waals surface area (Å²) < 4.78 is 9.05. The summed E-state index contributed by atoms with van der Waals surface area (Å²) in [4.78, 5) is 2.43. The molecule has 0 spiro atoms. The number of anilines is 3. The van der Waals surface area contributed by atoms with Crippen molar-refractivity contribution in [2.24, 2.45) is 0 Å². The predicted molar refractivity (Wildman–Crippen MR) is 261 cm³/mol. The monoisotopic (exact) mass is 795 g/mol. The molecule has 2 heterocycles. The summed E-state index contributed by atoms with van der Waals surface area (Å²) in [5, 5.41) is 7.32. The summed E-state index contributed by atoms with van der Waals surface area (Å²) in [6, 6.07) is 81.2. The van der Waals surface area contributed by atoms with E-state index in [0.717, 1.165) is 55.7 Å². The maximum Gasteiger partial charge on any atom is 0.136 e. The van der Waals surface area contributed by atoms with Gasteiger partial charge in [-0.25, -0.2) is 0 Å². The van der Waals surface area contributed by atoms with Gasteiger partial charge in [-0.1, -0.05) is 170 Å². The molecule has 0 amide bonds. The van der Waals surface area contributed by atoms with Crippen LogP contribution in [0.25, 0.3) is 97.4 Å². The Labute approximate surface area is 357 Å². The van der Waals surface area contributed by atoms with Crippen molar-refractivity contribution in [3.8, 4) is 44.5 Å². The van der Waals surface area contributed by atoms with Gasteiger partial charge in [0.15, 0.2) is 0 Å². The SMILES string of the molecule is c1cc(-c2cccc(N(c3cccc(-c4cccc5ccccc45)c3)c3ccccc3-c3cccc4oc5ccccc5c34)c2)cc(-c2cccc3c2sc2ccccc23)c1. The fourth-order valence-electron chi connectivity index (χ4n) is 9.28. The highest BCUT2D eigenvalue weighted by Gasteiger charge is 2.21. The van der Waals surface area contributed by atoms with Crippen LogP contribution in [0.5, 0.6) is 0 Å². The molecule has 0 saturated carbocycles. The first-order valence-electron chi connectivity index (χ1n) is 20.7. The largest absolute Gasteiger partial charge is 0.456 e. The van der Waals surface area contributed by atoms with Crippen molar-refractivity contribution < 1.29 is 4.42 Å². The molecule has 2 aromatic heterocycles.